The molecule has 1 amide bonds. The largest absolute Gasteiger partial charge is 0.492 e. The van der Waals surface area contributed by atoms with Gasteiger partial charge in [-0.1, -0.05) is 32.0 Å². The van der Waals surface area contributed by atoms with Crippen LogP contribution in [0.5, 0.6) is 11.5 Å². The summed E-state index contributed by atoms with van der Waals surface area (Å²) in [7, 11) is 0. The van der Waals surface area contributed by atoms with Crippen molar-refractivity contribution < 1.29 is 14.3 Å². The SMILES string of the molecule is Cc1ccc2nc(-c3cccc(OCC(=O)NC(C)(C)C)c3)nc(Nc3cn[nH]c3)c2c1OCC(C)C. The molecule has 0 saturated carbocycles. The van der Waals surface area contributed by atoms with Gasteiger partial charge in [0.2, 0.25) is 0 Å². The van der Waals surface area contributed by atoms with Crippen molar-refractivity contribution in [1.82, 2.24) is 25.5 Å². The van der Waals surface area contributed by atoms with Gasteiger partial charge in [0.25, 0.3) is 5.91 Å². The van der Waals surface area contributed by atoms with E-state index in [2.05, 4.69) is 34.7 Å². The summed E-state index contributed by atoms with van der Waals surface area (Å²) in [5, 5.41) is 13.9. The fourth-order valence-electron chi connectivity index (χ4n) is 3.74. The molecule has 0 aliphatic carbocycles. The van der Waals surface area contributed by atoms with Gasteiger partial charge in [-0.2, -0.15) is 5.10 Å². The molecule has 0 unspecified atom stereocenters. The molecule has 9 heteroatoms. The van der Waals surface area contributed by atoms with E-state index in [1.165, 1.54) is 0 Å². The van der Waals surface area contributed by atoms with Gasteiger partial charge in [-0.3, -0.25) is 9.89 Å². The maximum absolute atomic E-state index is 12.2. The second-order valence-electron chi connectivity index (χ2n) is 10.4. The van der Waals surface area contributed by atoms with E-state index in [4.69, 9.17) is 19.4 Å². The predicted octanol–water partition coefficient (Wildman–Crippen LogP) is 5.40. The Morgan fingerprint density at radius 2 is 1.92 bits per heavy atom. The lowest BCUT2D eigenvalue weighted by Gasteiger charge is -2.20. The number of carbonyl (C=O) groups excluding carboxylic acids is 1. The Bertz CT molecular complexity index is 1380. The number of carbonyl (C=O) groups is 1. The lowest BCUT2D eigenvalue weighted by Crippen LogP contribution is -2.43. The highest BCUT2D eigenvalue weighted by Gasteiger charge is 2.18. The first-order chi connectivity index (χ1) is 17.6. The van der Waals surface area contributed by atoms with E-state index in [1.807, 2.05) is 58.0 Å². The maximum atomic E-state index is 12.2. The molecule has 3 N–H and O–H groups in total. The molecule has 2 aromatic carbocycles. The van der Waals surface area contributed by atoms with E-state index in [9.17, 15) is 4.79 Å². The van der Waals surface area contributed by atoms with E-state index in [-0.39, 0.29) is 18.1 Å². The van der Waals surface area contributed by atoms with Crippen LogP contribution in [-0.2, 0) is 4.79 Å². The van der Waals surface area contributed by atoms with Crippen molar-refractivity contribution >= 4 is 28.3 Å². The molecule has 0 aliphatic rings. The first kappa shape index (κ1) is 25.9. The third-order valence-corrected chi connectivity index (χ3v) is 5.31. The van der Waals surface area contributed by atoms with E-state index < -0.39 is 0 Å². The molecule has 0 fully saturated rings. The summed E-state index contributed by atoms with van der Waals surface area (Å²) in [6.07, 6.45) is 3.45. The standard InChI is InChI=1S/C28H34N6O3/c1-17(2)15-37-25-18(3)10-11-22-24(25)27(31-20-13-29-30-14-20)33-26(32-22)19-8-7-9-21(12-19)36-16-23(35)34-28(4,5)6/h7-14,17H,15-16H2,1-6H3,(H,29,30)(H,34,35)(H,31,32,33). The molecule has 2 heterocycles. The van der Waals surface area contributed by atoms with E-state index >= 15 is 0 Å². The molecule has 4 rings (SSSR count). The number of hydrogen-bond acceptors (Lipinski definition) is 7. The number of fused-ring (bicyclic) bond motifs is 1. The lowest BCUT2D eigenvalue weighted by atomic mass is 10.1. The number of anilines is 2. The average Bonchev–Trinajstić information content (AvgIpc) is 3.34. The van der Waals surface area contributed by atoms with Crippen LogP contribution in [0.3, 0.4) is 0 Å². The third kappa shape index (κ3) is 6.75. The van der Waals surface area contributed by atoms with Crippen LogP contribution in [0.1, 0.15) is 40.2 Å². The zero-order valence-electron chi connectivity index (χ0n) is 22.2. The number of aromatic nitrogens is 4. The summed E-state index contributed by atoms with van der Waals surface area (Å²) in [5.74, 6) is 2.62. The minimum absolute atomic E-state index is 0.0809. The van der Waals surface area contributed by atoms with Crippen LogP contribution in [0.25, 0.3) is 22.3 Å². The van der Waals surface area contributed by atoms with E-state index in [0.29, 0.717) is 29.9 Å². The van der Waals surface area contributed by atoms with Crippen LogP contribution in [0, 0.1) is 12.8 Å². The van der Waals surface area contributed by atoms with Gasteiger partial charge in [-0.15, -0.1) is 0 Å². The molecule has 0 atom stereocenters. The Kier molecular flexibility index (Phi) is 7.61. The zero-order valence-corrected chi connectivity index (χ0v) is 22.2. The van der Waals surface area contributed by atoms with Crippen molar-refractivity contribution in [1.29, 1.82) is 0 Å². The number of nitrogens with zero attached hydrogens (tertiary/aromatic N) is 3. The van der Waals surface area contributed by atoms with Crippen molar-refractivity contribution in [2.75, 3.05) is 18.5 Å². The Hall–Kier alpha value is -4.14. The van der Waals surface area contributed by atoms with Gasteiger partial charge in [-0.25, -0.2) is 9.97 Å². The number of rotatable bonds is 9. The fraction of sp³-hybridized carbons (Fsp3) is 0.357. The monoisotopic (exact) mass is 502 g/mol. The summed E-state index contributed by atoms with van der Waals surface area (Å²) >= 11 is 0. The summed E-state index contributed by atoms with van der Waals surface area (Å²) in [6.45, 7) is 12.5. The highest BCUT2D eigenvalue weighted by Crippen LogP contribution is 2.37. The Labute approximate surface area is 217 Å². The molecule has 0 bridgehead atoms. The van der Waals surface area contributed by atoms with Gasteiger partial charge in [0.05, 0.1) is 29.4 Å². The number of nitrogens with one attached hydrogen (secondary N) is 3. The van der Waals surface area contributed by atoms with Crippen molar-refractivity contribution in [3.8, 4) is 22.9 Å². The van der Waals surface area contributed by atoms with Gasteiger partial charge in [0, 0.05) is 17.3 Å². The summed E-state index contributed by atoms with van der Waals surface area (Å²) in [4.78, 5) is 21.9. The molecule has 0 aliphatic heterocycles. The summed E-state index contributed by atoms with van der Waals surface area (Å²) < 4.78 is 12.0. The summed E-state index contributed by atoms with van der Waals surface area (Å²) in [6, 6.07) is 11.4. The zero-order chi connectivity index (χ0) is 26.6. The van der Waals surface area contributed by atoms with Gasteiger partial charge in [-0.05, 0) is 57.4 Å². The van der Waals surface area contributed by atoms with E-state index in [0.717, 1.165) is 33.5 Å². The van der Waals surface area contributed by atoms with Crippen LogP contribution in [0.15, 0.2) is 48.8 Å². The minimum atomic E-state index is -0.324. The molecule has 194 valence electrons. The van der Waals surface area contributed by atoms with Gasteiger partial charge < -0.3 is 20.1 Å². The first-order valence-electron chi connectivity index (χ1n) is 12.3. The van der Waals surface area contributed by atoms with Crippen molar-refractivity contribution in [3.63, 3.8) is 0 Å². The predicted molar refractivity (Wildman–Crippen MR) is 145 cm³/mol. The Balaban J connectivity index is 1.71. The Morgan fingerprint density at radius 3 is 2.62 bits per heavy atom. The summed E-state index contributed by atoms with van der Waals surface area (Å²) in [5.41, 5.74) is 2.95. The van der Waals surface area contributed by atoms with Gasteiger partial charge >= 0.3 is 0 Å². The third-order valence-electron chi connectivity index (χ3n) is 5.31. The average molecular weight is 503 g/mol. The number of hydrogen-bond donors (Lipinski definition) is 3. The van der Waals surface area contributed by atoms with Crippen molar-refractivity contribution in [2.45, 2.75) is 47.1 Å². The quantitative estimate of drug-likeness (QED) is 0.281. The highest BCUT2D eigenvalue weighted by atomic mass is 16.5. The second-order valence-corrected chi connectivity index (χ2v) is 10.4. The smallest absolute Gasteiger partial charge is 0.258 e. The molecular formula is C28H34N6O3. The van der Waals surface area contributed by atoms with Crippen LogP contribution in [-0.4, -0.2) is 44.8 Å². The molecular weight excluding hydrogens is 468 g/mol. The van der Waals surface area contributed by atoms with Crippen molar-refractivity contribution in [2.24, 2.45) is 5.92 Å². The van der Waals surface area contributed by atoms with E-state index in [1.54, 1.807) is 18.5 Å². The van der Waals surface area contributed by atoms with Gasteiger partial charge in [0.15, 0.2) is 12.4 Å². The fourth-order valence-corrected chi connectivity index (χ4v) is 3.74. The number of H-pyrrole nitrogens is 1. The molecule has 37 heavy (non-hydrogen) atoms. The maximum Gasteiger partial charge on any atom is 0.258 e. The molecule has 2 aromatic heterocycles. The molecule has 0 spiro atoms. The molecule has 9 nitrogen and oxygen atoms in total. The van der Waals surface area contributed by atoms with Crippen LogP contribution >= 0.6 is 0 Å². The molecule has 4 aromatic rings. The minimum Gasteiger partial charge on any atom is -0.492 e. The lowest BCUT2D eigenvalue weighted by molar-refractivity contribution is -0.124. The molecule has 0 radical (unpaired) electrons. The highest BCUT2D eigenvalue weighted by molar-refractivity contribution is 5.98. The second kappa shape index (κ2) is 10.9. The van der Waals surface area contributed by atoms with Gasteiger partial charge in [0.1, 0.15) is 17.3 Å². The number of aryl methyl sites for hydroxylation is 1. The number of aromatic amines is 1. The topological polar surface area (TPSA) is 114 Å². The number of amides is 1. The normalized spacial score (nSPS) is 11.5. The van der Waals surface area contributed by atoms with Crippen molar-refractivity contribution in [3.05, 3.63) is 54.4 Å². The van der Waals surface area contributed by atoms with Crippen LogP contribution < -0.4 is 20.1 Å². The Morgan fingerprint density at radius 1 is 1.11 bits per heavy atom. The van der Waals surface area contributed by atoms with Crippen LogP contribution in [0.4, 0.5) is 11.5 Å². The number of ether oxygens (including phenoxy) is 2. The first-order valence-corrected chi connectivity index (χ1v) is 12.3. The van der Waals surface area contributed by atoms with Crippen LogP contribution in [0.2, 0.25) is 0 Å². The number of benzene rings is 2. The molecule has 0 saturated heterocycles.